The Morgan fingerprint density at radius 3 is 2.83 bits per heavy atom. The van der Waals surface area contributed by atoms with E-state index in [9.17, 15) is 9.59 Å². The van der Waals surface area contributed by atoms with E-state index in [0.29, 0.717) is 5.57 Å². The number of benzene rings is 2. The summed E-state index contributed by atoms with van der Waals surface area (Å²) in [6.45, 7) is 2.41. The van der Waals surface area contributed by atoms with Gasteiger partial charge in [0.05, 0.1) is 11.3 Å². The highest BCUT2D eigenvalue weighted by Crippen LogP contribution is 2.33. The van der Waals surface area contributed by atoms with Gasteiger partial charge in [0, 0.05) is 36.6 Å². The topological polar surface area (TPSA) is 61.4 Å². The Balaban J connectivity index is 1.77. The fraction of sp³-hybridized carbons (Fsp3) is 0.158. The number of anilines is 3. The third-order valence-corrected chi connectivity index (χ3v) is 4.39. The molecule has 0 bridgehead atoms. The summed E-state index contributed by atoms with van der Waals surface area (Å²) in [4.78, 5) is 26.0. The van der Waals surface area contributed by atoms with Crippen LogP contribution in [0.4, 0.5) is 17.1 Å². The molecule has 2 heterocycles. The van der Waals surface area contributed by atoms with Crippen LogP contribution in [0.1, 0.15) is 18.1 Å². The molecule has 0 aromatic heterocycles. The molecule has 0 radical (unpaired) electrons. The number of hydrogen-bond acceptors (Lipinski definition) is 3. The fourth-order valence-electron chi connectivity index (χ4n) is 3.17. The van der Waals surface area contributed by atoms with Gasteiger partial charge in [0.15, 0.2) is 0 Å². The summed E-state index contributed by atoms with van der Waals surface area (Å²) >= 11 is 0. The van der Waals surface area contributed by atoms with Gasteiger partial charge in [0.2, 0.25) is 5.91 Å². The smallest absolute Gasteiger partial charge is 0.257 e. The molecule has 2 aliphatic rings. The van der Waals surface area contributed by atoms with Gasteiger partial charge < -0.3 is 10.6 Å². The number of rotatable bonds is 2. The lowest BCUT2D eigenvalue weighted by atomic mass is 10.1. The minimum atomic E-state index is -0.193. The Labute approximate surface area is 140 Å². The zero-order chi connectivity index (χ0) is 16.7. The third-order valence-electron chi connectivity index (χ3n) is 4.39. The van der Waals surface area contributed by atoms with Crippen molar-refractivity contribution < 1.29 is 9.59 Å². The highest BCUT2D eigenvalue weighted by molar-refractivity contribution is 6.32. The SMILES string of the molecule is CC(=O)N(/C=C1\C(=O)Nc2ccccc21)c1ccc2c(c1)NCC2. The second-order valence-corrected chi connectivity index (χ2v) is 5.95. The van der Waals surface area contributed by atoms with Crippen LogP contribution in [0.25, 0.3) is 5.57 Å². The van der Waals surface area contributed by atoms with Gasteiger partial charge >= 0.3 is 0 Å². The quantitative estimate of drug-likeness (QED) is 0.837. The van der Waals surface area contributed by atoms with Crippen molar-refractivity contribution in [2.45, 2.75) is 13.3 Å². The molecule has 0 saturated carbocycles. The maximum absolute atomic E-state index is 12.3. The Kier molecular flexibility index (Phi) is 3.34. The highest BCUT2D eigenvalue weighted by atomic mass is 16.2. The van der Waals surface area contributed by atoms with Gasteiger partial charge in [-0.25, -0.2) is 0 Å². The summed E-state index contributed by atoms with van der Waals surface area (Å²) < 4.78 is 0. The molecule has 0 unspecified atom stereocenters. The van der Waals surface area contributed by atoms with Crippen LogP contribution in [0, 0.1) is 0 Å². The average Bonchev–Trinajstić information content (AvgIpc) is 3.15. The lowest BCUT2D eigenvalue weighted by Gasteiger charge is -2.18. The molecule has 0 fully saturated rings. The van der Waals surface area contributed by atoms with E-state index in [2.05, 4.69) is 10.6 Å². The molecule has 2 N–H and O–H groups in total. The van der Waals surface area contributed by atoms with Crippen LogP contribution in [0.2, 0.25) is 0 Å². The van der Waals surface area contributed by atoms with Gasteiger partial charge in [-0.2, -0.15) is 0 Å². The molecule has 2 aromatic rings. The number of para-hydroxylation sites is 1. The van der Waals surface area contributed by atoms with Gasteiger partial charge in [0.25, 0.3) is 5.91 Å². The molecule has 120 valence electrons. The van der Waals surface area contributed by atoms with Crippen molar-refractivity contribution in [1.29, 1.82) is 0 Å². The summed E-state index contributed by atoms with van der Waals surface area (Å²) in [5, 5.41) is 6.14. The number of nitrogens with zero attached hydrogens (tertiary/aromatic N) is 1. The largest absolute Gasteiger partial charge is 0.384 e. The highest BCUT2D eigenvalue weighted by Gasteiger charge is 2.25. The predicted molar refractivity (Wildman–Crippen MR) is 94.8 cm³/mol. The Bertz CT molecular complexity index is 886. The molecule has 2 aromatic carbocycles. The lowest BCUT2D eigenvalue weighted by molar-refractivity contribution is -0.116. The minimum Gasteiger partial charge on any atom is -0.384 e. The van der Waals surface area contributed by atoms with Gasteiger partial charge in [0.1, 0.15) is 0 Å². The van der Waals surface area contributed by atoms with Gasteiger partial charge in [-0.15, -0.1) is 0 Å². The number of hydrogen-bond donors (Lipinski definition) is 2. The predicted octanol–water partition coefficient (Wildman–Crippen LogP) is 3.00. The standard InChI is InChI=1S/C19H17N3O2/c1-12(23)22(14-7-6-13-8-9-20-18(13)10-14)11-16-15-4-2-3-5-17(15)21-19(16)24/h2-7,10-11,20H,8-9H2,1H3,(H,21,24)/b16-11-. The summed E-state index contributed by atoms with van der Waals surface area (Å²) in [5.41, 5.74) is 5.13. The van der Waals surface area contributed by atoms with Crippen LogP contribution in [0.3, 0.4) is 0 Å². The van der Waals surface area contributed by atoms with E-state index >= 15 is 0 Å². The Morgan fingerprint density at radius 2 is 2.00 bits per heavy atom. The maximum Gasteiger partial charge on any atom is 0.257 e. The molecule has 5 heteroatoms. The summed E-state index contributed by atoms with van der Waals surface area (Å²) in [5.74, 6) is -0.334. The van der Waals surface area contributed by atoms with Crippen molar-refractivity contribution in [1.82, 2.24) is 0 Å². The molecule has 0 atom stereocenters. The molecule has 0 spiro atoms. The number of amides is 2. The fourth-order valence-corrected chi connectivity index (χ4v) is 3.17. The minimum absolute atomic E-state index is 0.141. The molecular formula is C19H17N3O2. The Morgan fingerprint density at radius 1 is 1.17 bits per heavy atom. The summed E-state index contributed by atoms with van der Waals surface area (Å²) in [6.07, 6.45) is 2.62. The average molecular weight is 319 g/mol. The summed E-state index contributed by atoms with van der Waals surface area (Å²) in [6, 6.07) is 13.4. The van der Waals surface area contributed by atoms with Crippen LogP contribution in [0.15, 0.2) is 48.7 Å². The van der Waals surface area contributed by atoms with Gasteiger partial charge in [-0.3, -0.25) is 14.5 Å². The maximum atomic E-state index is 12.3. The van der Waals surface area contributed by atoms with Crippen LogP contribution >= 0.6 is 0 Å². The van der Waals surface area contributed by atoms with Crippen molar-refractivity contribution in [2.75, 3.05) is 22.1 Å². The monoisotopic (exact) mass is 319 g/mol. The zero-order valence-electron chi connectivity index (χ0n) is 13.3. The van der Waals surface area contributed by atoms with Gasteiger partial charge in [-0.05, 0) is 30.2 Å². The molecule has 5 nitrogen and oxygen atoms in total. The number of carbonyl (C=O) groups is 2. The first kappa shape index (κ1) is 14.5. The first-order chi connectivity index (χ1) is 11.6. The number of nitrogens with one attached hydrogen (secondary N) is 2. The molecule has 24 heavy (non-hydrogen) atoms. The number of fused-ring (bicyclic) bond motifs is 2. The zero-order valence-corrected chi connectivity index (χ0v) is 13.3. The van der Waals surface area contributed by atoms with E-state index < -0.39 is 0 Å². The van der Waals surface area contributed by atoms with Crippen molar-refractivity contribution in [2.24, 2.45) is 0 Å². The second kappa shape index (κ2) is 5.53. The lowest BCUT2D eigenvalue weighted by Crippen LogP contribution is -2.23. The summed E-state index contributed by atoms with van der Waals surface area (Å²) in [7, 11) is 0. The van der Waals surface area contributed by atoms with Crippen molar-refractivity contribution in [3.63, 3.8) is 0 Å². The van der Waals surface area contributed by atoms with Crippen molar-refractivity contribution in [3.8, 4) is 0 Å². The van der Waals surface area contributed by atoms with Crippen LogP contribution in [-0.2, 0) is 16.0 Å². The molecule has 2 amide bonds. The molecule has 0 saturated heterocycles. The van der Waals surface area contributed by atoms with Gasteiger partial charge in [-0.1, -0.05) is 24.3 Å². The van der Waals surface area contributed by atoms with E-state index in [0.717, 1.165) is 35.6 Å². The van der Waals surface area contributed by atoms with E-state index in [4.69, 9.17) is 0 Å². The molecule has 2 aliphatic heterocycles. The van der Waals surface area contributed by atoms with Crippen molar-refractivity contribution >= 4 is 34.4 Å². The first-order valence-corrected chi connectivity index (χ1v) is 7.92. The van der Waals surface area contributed by atoms with Crippen molar-refractivity contribution in [3.05, 3.63) is 59.8 Å². The van der Waals surface area contributed by atoms with E-state index in [1.54, 1.807) is 6.20 Å². The second-order valence-electron chi connectivity index (χ2n) is 5.95. The third kappa shape index (κ3) is 2.34. The van der Waals surface area contributed by atoms with Crippen LogP contribution in [-0.4, -0.2) is 18.4 Å². The normalized spacial score (nSPS) is 16.4. The van der Waals surface area contributed by atoms with E-state index in [1.807, 2.05) is 42.5 Å². The molecular weight excluding hydrogens is 302 g/mol. The first-order valence-electron chi connectivity index (χ1n) is 7.92. The number of carbonyl (C=O) groups excluding carboxylic acids is 2. The van der Waals surface area contributed by atoms with Crippen LogP contribution < -0.4 is 15.5 Å². The molecule has 0 aliphatic carbocycles. The Hall–Kier alpha value is -3.08. The molecule has 4 rings (SSSR count). The van der Waals surface area contributed by atoms with Crippen LogP contribution in [0.5, 0.6) is 0 Å². The van der Waals surface area contributed by atoms with E-state index in [1.165, 1.54) is 17.4 Å². The van der Waals surface area contributed by atoms with E-state index in [-0.39, 0.29) is 11.8 Å².